The van der Waals surface area contributed by atoms with Crippen LogP contribution in [-0.4, -0.2) is 36.1 Å². The van der Waals surface area contributed by atoms with Gasteiger partial charge in [-0.3, -0.25) is 15.0 Å². The highest BCUT2D eigenvalue weighted by atomic mass is 19.3. The Morgan fingerprint density at radius 3 is 2.70 bits per heavy atom. The number of hydrogen-bond donors (Lipinski definition) is 0. The monoisotopic (exact) mass is 330 g/mol. The van der Waals surface area contributed by atoms with Crippen LogP contribution in [-0.2, 0) is 6.54 Å². The number of nitro groups is 1. The predicted octanol–water partition coefficient (Wildman–Crippen LogP) is 3.58. The number of alkyl halides is 2. The molecule has 0 spiro atoms. The molecule has 0 aromatic heterocycles. The summed E-state index contributed by atoms with van der Waals surface area (Å²) in [6, 6.07) is 2.75. The molecule has 0 bridgehead atoms. The van der Waals surface area contributed by atoms with Crippen LogP contribution < -0.4 is 9.47 Å². The van der Waals surface area contributed by atoms with Gasteiger partial charge in [0.1, 0.15) is 0 Å². The molecule has 0 amide bonds. The van der Waals surface area contributed by atoms with E-state index in [-0.39, 0.29) is 17.2 Å². The van der Waals surface area contributed by atoms with Crippen LogP contribution in [0.4, 0.5) is 14.5 Å². The lowest BCUT2D eigenvalue weighted by molar-refractivity contribution is -0.385. The van der Waals surface area contributed by atoms with Crippen LogP contribution in [0.3, 0.4) is 0 Å². The lowest BCUT2D eigenvalue weighted by Gasteiger charge is -2.33. The van der Waals surface area contributed by atoms with Gasteiger partial charge in [-0.05, 0) is 32.4 Å². The third-order valence-electron chi connectivity index (χ3n) is 4.09. The van der Waals surface area contributed by atoms with E-state index in [1.807, 2.05) is 0 Å². The molecule has 23 heavy (non-hydrogen) atoms. The maximum absolute atomic E-state index is 12.4. The number of rotatable bonds is 6. The molecule has 1 heterocycles. The second-order valence-electron chi connectivity index (χ2n) is 5.58. The highest BCUT2D eigenvalue weighted by Gasteiger charge is 2.25. The fourth-order valence-electron chi connectivity index (χ4n) is 2.85. The minimum Gasteiger partial charge on any atom is -0.493 e. The van der Waals surface area contributed by atoms with E-state index < -0.39 is 11.5 Å². The maximum atomic E-state index is 12.4. The first-order chi connectivity index (χ1) is 10.9. The molecule has 1 aromatic rings. The molecule has 1 fully saturated rings. The van der Waals surface area contributed by atoms with Crippen molar-refractivity contribution in [3.63, 3.8) is 0 Å². The first-order valence-corrected chi connectivity index (χ1v) is 7.46. The SMILES string of the molecule is COc1cc(CN2CCCCC2C)c([N+](=O)[O-])cc1OC(F)F. The van der Waals surface area contributed by atoms with Gasteiger partial charge in [0.25, 0.3) is 5.69 Å². The van der Waals surface area contributed by atoms with Gasteiger partial charge in [-0.2, -0.15) is 8.78 Å². The number of likely N-dealkylation sites (tertiary alicyclic amines) is 1. The van der Waals surface area contributed by atoms with E-state index in [2.05, 4.69) is 16.6 Å². The van der Waals surface area contributed by atoms with E-state index in [9.17, 15) is 18.9 Å². The summed E-state index contributed by atoms with van der Waals surface area (Å²) in [7, 11) is 1.31. The topological polar surface area (TPSA) is 64.8 Å². The quantitative estimate of drug-likeness (QED) is 0.589. The molecule has 1 aliphatic heterocycles. The van der Waals surface area contributed by atoms with Crippen LogP contribution >= 0.6 is 0 Å². The van der Waals surface area contributed by atoms with Crippen LogP contribution in [0, 0.1) is 10.1 Å². The van der Waals surface area contributed by atoms with E-state index in [1.165, 1.54) is 13.2 Å². The van der Waals surface area contributed by atoms with Crippen molar-refractivity contribution in [2.45, 2.75) is 45.4 Å². The van der Waals surface area contributed by atoms with E-state index >= 15 is 0 Å². The molecule has 1 aromatic carbocycles. The Morgan fingerprint density at radius 2 is 2.13 bits per heavy atom. The maximum Gasteiger partial charge on any atom is 0.387 e. The molecule has 0 radical (unpaired) electrons. The Morgan fingerprint density at radius 1 is 1.39 bits per heavy atom. The molecule has 0 aliphatic carbocycles. The second kappa shape index (κ2) is 7.54. The zero-order chi connectivity index (χ0) is 17.0. The van der Waals surface area contributed by atoms with Crippen molar-refractivity contribution in [2.24, 2.45) is 0 Å². The lowest BCUT2D eigenvalue weighted by Crippen LogP contribution is -2.36. The molecule has 128 valence electrons. The Hall–Kier alpha value is -1.96. The highest BCUT2D eigenvalue weighted by Crippen LogP contribution is 2.36. The number of nitrogens with zero attached hydrogens (tertiary/aromatic N) is 2. The van der Waals surface area contributed by atoms with Crippen molar-refractivity contribution < 1.29 is 23.2 Å². The van der Waals surface area contributed by atoms with Gasteiger partial charge in [-0.25, -0.2) is 0 Å². The Balaban J connectivity index is 2.34. The van der Waals surface area contributed by atoms with Crippen LogP contribution in [0.25, 0.3) is 0 Å². The van der Waals surface area contributed by atoms with Crippen LogP contribution in [0.2, 0.25) is 0 Å². The summed E-state index contributed by atoms with van der Waals surface area (Å²) in [6.45, 7) is 0.242. The standard InChI is InChI=1S/C15H20F2N2O4/c1-10-5-3-4-6-18(10)9-11-7-13(22-2)14(23-15(16)17)8-12(11)19(20)21/h7-8,10,15H,3-6,9H2,1-2H3. The third kappa shape index (κ3) is 4.28. The number of benzene rings is 1. The van der Waals surface area contributed by atoms with E-state index in [0.29, 0.717) is 18.2 Å². The first kappa shape index (κ1) is 17.4. The predicted molar refractivity (Wildman–Crippen MR) is 80.0 cm³/mol. The fourth-order valence-corrected chi connectivity index (χ4v) is 2.85. The summed E-state index contributed by atoms with van der Waals surface area (Å²) < 4.78 is 34.2. The van der Waals surface area contributed by atoms with Gasteiger partial charge in [0, 0.05) is 18.2 Å². The van der Waals surface area contributed by atoms with Gasteiger partial charge in [-0.1, -0.05) is 6.42 Å². The van der Waals surface area contributed by atoms with E-state index in [1.54, 1.807) is 0 Å². The van der Waals surface area contributed by atoms with Crippen molar-refractivity contribution >= 4 is 5.69 Å². The van der Waals surface area contributed by atoms with Gasteiger partial charge < -0.3 is 9.47 Å². The summed E-state index contributed by atoms with van der Waals surface area (Å²) in [4.78, 5) is 12.9. The van der Waals surface area contributed by atoms with Gasteiger partial charge in [0.05, 0.1) is 18.1 Å². The number of ether oxygens (including phenoxy) is 2. The number of halogens is 2. The zero-order valence-corrected chi connectivity index (χ0v) is 13.1. The van der Waals surface area contributed by atoms with Crippen LogP contribution in [0.15, 0.2) is 12.1 Å². The Bertz CT molecular complexity index is 569. The molecule has 1 atom stereocenters. The summed E-state index contributed by atoms with van der Waals surface area (Å²) in [5.41, 5.74) is 0.196. The smallest absolute Gasteiger partial charge is 0.387 e. The average molecular weight is 330 g/mol. The summed E-state index contributed by atoms with van der Waals surface area (Å²) >= 11 is 0. The summed E-state index contributed by atoms with van der Waals surface area (Å²) in [5.74, 6) is -0.264. The highest BCUT2D eigenvalue weighted by molar-refractivity contribution is 5.54. The fraction of sp³-hybridized carbons (Fsp3) is 0.600. The first-order valence-electron chi connectivity index (χ1n) is 7.46. The Labute approximate surface area is 133 Å². The summed E-state index contributed by atoms with van der Waals surface area (Å²) in [5, 5.41) is 11.3. The van der Waals surface area contributed by atoms with Gasteiger partial charge in [0.15, 0.2) is 11.5 Å². The van der Waals surface area contributed by atoms with Crippen molar-refractivity contribution in [3.8, 4) is 11.5 Å². The molecule has 1 aliphatic rings. The Kier molecular flexibility index (Phi) is 5.70. The second-order valence-corrected chi connectivity index (χ2v) is 5.58. The van der Waals surface area contributed by atoms with E-state index in [4.69, 9.17) is 4.74 Å². The van der Waals surface area contributed by atoms with Gasteiger partial charge in [0.2, 0.25) is 0 Å². The third-order valence-corrected chi connectivity index (χ3v) is 4.09. The normalized spacial score (nSPS) is 18.9. The largest absolute Gasteiger partial charge is 0.493 e. The van der Waals surface area contributed by atoms with Crippen molar-refractivity contribution in [2.75, 3.05) is 13.7 Å². The molecule has 1 unspecified atom stereocenters. The number of hydrogen-bond acceptors (Lipinski definition) is 5. The average Bonchev–Trinajstić information content (AvgIpc) is 2.49. The minimum absolute atomic E-state index is 0.0653. The molecule has 0 N–H and O–H groups in total. The molecule has 1 saturated heterocycles. The van der Waals surface area contributed by atoms with Gasteiger partial charge >= 0.3 is 6.61 Å². The van der Waals surface area contributed by atoms with Gasteiger partial charge in [-0.15, -0.1) is 0 Å². The van der Waals surface area contributed by atoms with Crippen LogP contribution in [0.5, 0.6) is 11.5 Å². The zero-order valence-electron chi connectivity index (χ0n) is 13.1. The minimum atomic E-state index is -3.07. The van der Waals surface area contributed by atoms with Crippen LogP contribution in [0.1, 0.15) is 31.7 Å². The molecule has 6 nitrogen and oxygen atoms in total. The van der Waals surface area contributed by atoms with E-state index in [0.717, 1.165) is 31.9 Å². The lowest BCUT2D eigenvalue weighted by atomic mass is 10.0. The van der Waals surface area contributed by atoms with Crippen molar-refractivity contribution in [1.82, 2.24) is 4.90 Å². The number of piperidine rings is 1. The molecule has 2 rings (SSSR count). The molecule has 0 saturated carbocycles. The number of nitro benzene ring substituents is 1. The molecular weight excluding hydrogens is 310 g/mol. The van der Waals surface area contributed by atoms with Crippen molar-refractivity contribution in [3.05, 3.63) is 27.8 Å². The summed E-state index contributed by atoms with van der Waals surface area (Å²) in [6.07, 6.45) is 3.23. The molecule has 8 heteroatoms. The molecular formula is C15H20F2N2O4. The van der Waals surface area contributed by atoms with Crippen molar-refractivity contribution in [1.29, 1.82) is 0 Å². The number of methoxy groups -OCH3 is 1.